The van der Waals surface area contributed by atoms with Crippen LogP contribution in [0.2, 0.25) is 5.02 Å². The Labute approximate surface area is 167 Å². The van der Waals surface area contributed by atoms with Gasteiger partial charge in [0.05, 0.1) is 19.8 Å². The number of nitrogens with one attached hydrogen (secondary N) is 2. The number of anilines is 2. The minimum Gasteiger partial charge on any atom is -0.379 e. The fourth-order valence-electron chi connectivity index (χ4n) is 2.69. The fraction of sp³-hybridized carbons (Fsp3) is 0.278. The van der Waals surface area contributed by atoms with E-state index in [4.69, 9.17) is 16.3 Å². The Kier molecular flexibility index (Phi) is 6.50. The van der Waals surface area contributed by atoms with Gasteiger partial charge in [-0.05, 0) is 42.5 Å². The predicted octanol–water partition coefficient (Wildman–Crippen LogP) is 2.55. The summed E-state index contributed by atoms with van der Waals surface area (Å²) in [5.74, 6) is -1.11. The number of hydrogen-bond donors (Lipinski definition) is 2. The molecule has 28 heavy (non-hydrogen) atoms. The molecular formula is C18H19ClFN3O4S. The Morgan fingerprint density at radius 3 is 2.39 bits per heavy atom. The van der Waals surface area contributed by atoms with Crippen LogP contribution in [0.15, 0.2) is 47.4 Å². The van der Waals surface area contributed by atoms with E-state index in [9.17, 15) is 17.6 Å². The highest BCUT2D eigenvalue weighted by Gasteiger charge is 2.19. The smallest absolute Gasteiger partial charge is 0.264 e. The highest BCUT2D eigenvalue weighted by Crippen LogP contribution is 2.22. The zero-order chi connectivity index (χ0) is 20.1. The summed E-state index contributed by atoms with van der Waals surface area (Å²) in [6.07, 6.45) is 0. The Balaban J connectivity index is 1.61. The van der Waals surface area contributed by atoms with Crippen LogP contribution < -0.4 is 10.0 Å². The van der Waals surface area contributed by atoms with Crippen molar-refractivity contribution in [3.05, 3.63) is 53.3 Å². The van der Waals surface area contributed by atoms with Crippen LogP contribution in [0.4, 0.5) is 15.8 Å². The molecule has 0 atom stereocenters. The molecule has 0 saturated carbocycles. The molecule has 1 fully saturated rings. The maximum absolute atomic E-state index is 13.9. The molecule has 150 valence electrons. The molecule has 1 aliphatic rings. The molecule has 2 aromatic carbocycles. The Hall–Kier alpha value is -2.20. The van der Waals surface area contributed by atoms with E-state index in [-0.39, 0.29) is 23.2 Å². The first-order chi connectivity index (χ1) is 13.3. The third-order valence-electron chi connectivity index (χ3n) is 4.08. The van der Waals surface area contributed by atoms with Crippen LogP contribution in [0, 0.1) is 5.82 Å². The summed E-state index contributed by atoms with van der Waals surface area (Å²) < 4.78 is 46.1. The minimum atomic E-state index is -4.11. The van der Waals surface area contributed by atoms with Crippen LogP contribution in [-0.4, -0.2) is 52.1 Å². The standard InChI is InChI=1S/C18H19ClFN3O4S/c19-13-1-6-17(16(20)11-13)28(25,26)22-15-4-2-14(3-5-15)21-18(24)12-23-7-9-27-10-8-23/h1-6,11,22H,7-10,12H2,(H,21,24). The van der Waals surface area contributed by atoms with Crippen LogP contribution in [0.5, 0.6) is 0 Å². The minimum absolute atomic E-state index is 0.105. The predicted molar refractivity (Wildman–Crippen MR) is 105 cm³/mol. The number of nitrogens with zero attached hydrogens (tertiary/aromatic N) is 1. The van der Waals surface area contributed by atoms with Crippen molar-refractivity contribution in [2.24, 2.45) is 0 Å². The molecule has 1 aliphatic heterocycles. The van der Waals surface area contributed by atoms with Gasteiger partial charge in [-0.3, -0.25) is 14.4 Å². The second kappa shape index (κ2) is 8.87. The number of ether oxygens (including phenoxy) is 1. The van der Waals surface area contributed by atoms with Crippen LogP contribution >= 0.6 is 11.6 Å². The Morgan fingerprint density at radius 2 is 1.75 bits per heavy atom. The van der Waals surface area contributed by atoms with E-state index in [0.29, 0.717) is 32.0 Å². The first kappa shape index (κ1) is 20.5. The van der Waals surface area contributed by atoms with Gasteiger partial charge >= 0.3 is 0 Å². The topological polar surface area (TPSA) is 87.7 Å². The van der Waals surface area contributed by atoms with Crippen molar-refractivity contribution in [2.75, 3.05) is 42.9 Å². The number of morpholine rings is 1. The van der Waals surface area contributed by atoms with Crippen LogP contribution in [0.25, 0.3) is 0 Å². The van der Waals surface area contributed by atoms with Crippen molar-refractivity contribution >= 4 is 38.9 Å². The van der Waals surface area contributed by atoms with Crippen molar-refractivity contribution in [1.29, 1.82) is 0 Å². The monoisotopic (exact) mass is 427 g/mol. The number of rotatable bonds is 6. The quantitative estimate of drug-likeness (QED) is 0.739. The third kappa shape index (κ3) is 5.41. The van der Waals surface area contributed by atoms with E-state index < -0.39 is 20.7 Å². The number of carbonyl (C=O) groups excluding carboxylic acids is 1. The second-order valence-corrected chi connectivity index (χ2v) is 8.28. The summed E-state index contributed by atoms with van der Waals surface area (Å²) in [5.41, 5.74) is 0.763. The van der Waals surface area contributed by atoms with Gasteiger partial charge in [-0.25, -0.2) is 12.8 Å². The molecule has 7 nitrogen and oxygen atoms in total. The number of carbonyl (C=O) groups is 1. The van der Waals surface area contributed by atoms with E-state index in [1.165, 1.54) is 18.2 Å². The summed E-state index contributed by atoms with van der Waals surface area (Å²) in [7, 11) is -4.11. The number of halogens is 2. The van der Waals surface area contributed by atoms with Gasteiger partial charge in [0.25, 0.3) is 10.0 Å². The first-order valence-corrected chi connectivity index (χ1v) is 10.4. The van der Waals surface area contributed by atoms with Crippen LogP contribution in [0.1, 0.15) is 0 Å². The van der Waals surface area contributed by atoms with E-state index >= 15 is 0 Å². The number of hydrogen-bond acceptors (Lipinski definition) is 5. The third-order valence-corrected chi connectivity index (χ3v) is 5.72. The molecular weight excluding hydrogens is 409 g/mol. The van der Waals surface area contributed by atoms with Crippen molar-refractivity contribution in [3.63, 3.8) is 0 Å². The molecule has 0 unspecified atom stereocenters. The summed E-state index contributed by atoms with van der Waals surface area (Å²) in [4.78, 5) is 13.6. The molecule has 0 aliphatic carbocycles. The van der Waals surface area contributed by atoms with Crippen molar-refractivity contribution in [2.45, 2.75) is 4.90 Å². The average Bonchev–Trinajstić information content (AvgIpc) is 2.63. The van der Waals surface area contributed by atoms with Gasteiger partial charge in [0.15, 0.2) is 0 Å². The number of sulfonamides is 1. The highest BCUT2D eigenvalue weighted by molar-refractivity contribution is 7.92. The van der Waals surface area contributed by atoms with E-state index in [2.05, 4.69) is 10.0 Å². The molecule has 0 radical (unpaired) electrons. The fourth-order valence-corrected chi connectivity index (χ4v) is 3.97. The molecule has 1 heterocycles. The highest BCUT2D eigenvalue weighted by atomic mass is 35.5. The molecule has 1 saturated heterocycles. The largest absolute Gasteiger partial charge is 0.379 e. The van der Waals surface area contributed by atoms with Crippen LogP contribution in [-0.2, 0) is 19.6 Å². The van der Waals surface area contributed by atoms with E-state index in [0.717, 1.165) is 12.1 Å². The summed E-state index contributed by atoms with van der Waals surface area (Å²) >= 11 is 5.65. The average molecular weight is 428 g/mol. The lowest BCUT2D eigenvalue weighted by Crippen LogP contribution is -2.41. The second-order valence-electron chi connectivity index (χ2n) is 6.19. The van der Waals surface area contributed by atoms with Gasteiger partial charge in [0, 0.05) is 29.5 Å². The van der Waals surface area contributed by atoms with Gasteiger partial charge in [-0.2, -0.15) is 0 Å². The van der Waals surface area contributed by atoms with Gasteiger partial charge < -0.3 is 10.1 Å². The van der Waals surface area contributed by atoms with Gasteiger partial charge in [0.2, 0.25) is 5.91 Å². The van der Waals surface area contributed by atoms with Crippen molar-refractivity contribution < 1.29 is 22.3 Å². The number of benzene rings is 2. The molecule has 0 aromatic heterocycles. The summed E-state index contributed by atoms with van der Waals surface area (Å²) in [6.45, 7) is 2.88. The van der Waals surface area contributed by atoms with Crippen molar-refractivity contribution in [1.82, 2.24) is 4.90 Å². The summed E-state index contributed by atoms with van der Waals surface area (Å²) in [5, 5.41) is 2.86. The molecule has 0 spiro atoms. The van der Waals surface area contributed by atoms with Gasteiger partial charge in [-0.15, -0.1) is 0 Å². The first-order valence-electron chi connectivity index (χ1n) is 8.51. The molecule has 0 bridgehead atoms. The molecule has 1 amide bonds. The SMILES string of the molecule is O=C(CN1CCOCC1)Nc1ccc(NS(=O)(=O)c2ccc(Cl)cc2F)cc1. The number of amides is 1. The van der Waals surface area contributed by atoms with Gasteiger partial charge in [-0.1, -0.05) is 11.6 Å². The molecule has 10 heteroatoms. The lowest BCUT2D eigenvalue weighted by Gasteiger charge is -2.25. The lowest BCUT2D eigenvalue weighted by atomic mass is 10.3. The van der Waals surface area contributed by atoms with Gasteiger partial charge in [0.1, 0.15) is 10.7 Å². The maximum atomic E-state index is 13.9. The molecule has 2 aromatic rings. The maximum Gasteiger partial charge on any atom is 0.264 e. The Bertz CT molecular complexity index is 948. The molecule has 3 rings (SSSR count). The summed E-state index contributed by atoms with van der Waals surface area (Å²) in [6, 6.07) is 9.42. The van der Waals surface area contributed by atoms with E-state index in [1.807, 2.05) is 4.90 Å². The zero-order valence-electron chi connectivity index (χ0n) is 14.8. The zero-order valence-corrected chi connectivity index (χ0v) is 16.4. The normalized spacial score (nSPS) is 15.2. The van der Waals surface area contributed by atoms with Crippen LogP contribution in [0.3, 0.4) is 0 Å². The van der Waals surface area contributed by atoms with E-state index in [1.54, 1.807) is 12.1 Å². The van der Waals surface area contributed by atoms with Crippen molar-refractivity contribution in [3.8, 4) is 0 Å². The molecule has 2 N–H and O–H groups in total. The lowest BCUT2D eigenvalue weighted by molar-refractivity contribution is -0.118. The Morgan fingerprint density at radius 1 is 1.11 bits per heavy atom.